The summed E-state index contributed by atoms with van der Waals surface area (Å²) in [6.45, 7) is 1.00. The average Bonchev–Trinajstić information content (AvgIpc) is 3.21. The number of hydrogen-bond acceptors (Lipinski definition) is 3. The molecule has 2 nitrogen and oxygen atoms in total. The highest BCUT2D eigenvalue weighted by molar-refractivity contribution is 7.15. The second-order valence-corrected chi connectivity index (χ2v) is 6.50. The van der Waals surface area contributed by atoms with Crippen molar-refractivity contribution in [2.45, 2.75) is 25.4 Å². The van der Waals surface area contributed by atoms with E-state index >= 15 is 0 Å². The molecule has 1 aliphatic carbocycles. The van der Waals surface area contributed by atoms with Gasteiger partial charge in [0, 0.05) is 33.9 Å². The number of aromatic nitrogens is 1. The van der Waals surface area contributed by atoms with Crippen molar-refractivity contribution in [2.24, 2.45) is 0 Å². The van der Waals surface area contributed by atoms with Gasteiger partial charge >= 0.3 is 0 Å². The van der Waals surface area contributed by atoms with E-state index in [1.54, 1.807) is 0 Å². The molecule has 0 atom stereocenters. The first-order valence-electron chi connectivity index (χ1n) is 7.06. The fourth-order valence-electron chi connectivity index (χ4n) is 2.39. The van der Waals surface area contributed by atoms with Gasteiger partial charge in [0.1, 0.15) is 0 Å². The van der Waals surface area contributed by atoms with Crippen LogP contribution in [0.25, 0.3) is 21.3 Å². The van der Waals surface area contributed by atoms with Gasteiger partial charge < -0.3 is 5.32 Å². The summed E-state index contributed by atoms with van der Waals surface area (Å²) in [7, 11) is 0. The summed E-state index contributed by atoms with van der Waals surface area (Å²) < 4.78 is 0. The van der Waals surface area contributed by atoms with E-state index < -0.39 is 0 Å². The number of thiophene rings is 1. The molecular weight excluding hydrogens is 264 g/mol. The van der Waals surface area contributed by atoms with Crippen LogP contribution in [0, 0.1) is 0 Å². The van der Waals surface area contributed by atoms with Crippen molar-refractivity contribution in [3.05, 3.63) is 53.5 Å². The quantitative estimate of drug-likeness (QED) is 0.774. The number of rotatable bonds is 4. The number of hydrogen-bond donors (Lipinski definition) is 1. The molecule has 2 aromatic heterocycles. The predicted octanol–water partition coefficient (Wildman–Crippen LogP) is 4.22. The molecule has 1 aromatic carbocycles. The Morgan fingerprint density at radius 2 is 2.10 bits per heavy atom. The Hall–Kier alpha value is -1.71. The van der Waals surface area contributed by atoms with Crippen LogP contribution in [0.1, 0.15) is 17.7 Å². The zero-order valence-corrected chi connectivity index (χ0v) is 12.0. The summed E-state index contributed by atoms with van der Waals surface area (Å²) in [4.78, 5) is 7.12. The second kappa shape index (κ2) is 5.00. The Bertz CT molecular complexity index is 743. The lowest BCUT2D eigenvalue weighted by Crippen LogP contribution is -2.14. The molecule has 3 heteroatoms. The minimum atomic E-state index is 0.771. The molecule has 20 heavy (non-hydrogen) atoms. The van der Waals surface area contributed by atoms with E-state index in [1.165, 1.54) is 33.5 Å². The molecule has 0 aliphatic heterocycles. The average molecular weight is 280 g/mol. The van der Waals surface area contributed by atoms with Crippen molar-refractivity contribution >= 4 is 22.2 Å². The smallest absolute Gasteiger partial charge is 0.0702 e. The molecular formula is C17H16N2S. The molecule has 2 heterocycles. The van der Waals surface area contributed by atoms with Crippen LogP contribution in [0.15, 0.2) is 48.7 Å². The minimum absolute atomic E-state index is 0.771. The maximum absolute atomic E-state index is 4.37. The Morgan fingerprint density at radius 3 is 3.00 bits per heavy atom. The number of nitrogens with one attached hydrogen (secondary N) is 1. The van der Waals surface area contributed by atoms with Gasteiger partial charge in [-0.3, -0.25) is 4.98 Å². The fraction of sp³-hybridized carbons (Fsp3) is 0.235. The summed E-state index contributed by atoms with van der Waals surface area (Å²) in [5, 5.41) is 4.77. The van der Waals surface area contributed by atoms with Crippen LogP contribution in [0.5, 0.6) is 0 Å². The summed E-state index contributed by atoms with van der Waals surface area (Å²) in [5.41, 5.74) is 2.34. The third kappa shape index (κ3) is 2.47. The van der Waals surface area contributed by atoms with Gasteiger partial charge in [0.05, 0.1) is 5.52 Å². The van der Waals surface area contributed by atoms with Crippen LogP contribution in [0.4, 0.5) is 0 Å². The summed E-state index contributed by atoms with van der Waals surface area (Å²) in [6.07, 6.45) is 4.53. The number of nitrogens with zero attached hydrogens (tertiary/aromatic N) is 1. The molecule has 1 fully saturated rings. The van der Waals surface area contributed by atoms with Crippen LogP contribution >= 0.6 is 11.3 Å². The lowest BCUT2D eigenvalue weighted by molar-refractivity contribution is 0.695. The Labute approximate surface area is 122 Å². The Balaban J connectivity index is 1.60. The van der Waals surface area contributed by atoms with E-state index in [4.69, 9.17) is 0 Å². The lowest BCUT2D eigenvalue weighted by atomic mass is 10.1. The van der Waals surface area contributed by atoms with Gasteiger partial charge in [0.25, 0.3) is 0 Å². The molecule has 0 amide bonds. The van der Waals surface area contributed by atoms with Gasteiger partial charge in [-0.2, -0.15) is 0 Å². The van der Waals surface area contributed by atoms with Gasteiger partial charge in [0.15, 0.2) is 0 Å². The monoisotopic (exact) mass is 280 g/mol. The van der Waals surface area contributed by atoms with E-state index in [0.29, 0.717) is 0 Å². The molecule has 3 aromatic rings. The first-order chi connectivity index (χ1) is 9.88. The lowest BCUT2D eigenvalue weighted by Gasteiger charge is -2.01. The zero-order valence-electron chi connectivity index (χ0n) is 11.2. The standard InChI is InChI=1S/C17H16N2S/c1-2-12-10-13(3-7-16(12)18-9-1)17-8-6-15(20-17)11-19-14-4-5-14/h1-3,6-10,14,19H,4-5,11H2. The molecule has 0 unspecified atom stereocenters. The Morgan fingerprint density at radius 1 is 1.15 bits per heavy atom. The summed E-state index contributed by atoms with van der Waals surface area (Å²) >= 11 is 1.88. The number of fused-ring (bicyclic) bond motifs is 1. The first-order valence-corrected chi connectivity index (χ1v) is 7.87. The highest BCUT2D eigenvalue weighted by Gasteiger charge is 2.20. The molecule has 0 saturated heterocycles. The van der Waals surface area contributed by atoms with Crippen LogP contribution in [-0.4, -0.2) is 11.0 Å². The molecule has 0 spiro atoms. The molecule has 1 saturated carbocycles. The second-order valence-electron chi connectivity index (χ2n) is 5.33. The van der Waals surface area contributed by atoms with Crippen molar-refractivity contribution in [2.75, 3.05) is 0 Å². The molecule has 1 N–H and O–H groups in total. The van der Waals surface area contributed by atoms with Crippen molar-refractivity contribution in [1.29, 1.82) is 0 Å². The predicted molar refractivity (Wildman–Crippen MR) is 84.9 cm³/mol. The topological polar surface area (TPSA) is 24.9 Å². The van der Waals surface area contributed by atoms with Gasteiger partial charge in [-0.05, 0) is 48.7 Å². The van der Waals surface area contributed by atoms with E-state index in [1.807, 2.05) is 23.6 Å². The van der Waals surface area contributed by atoms with Crippen LogP contribution in [-0.2, 0) is 6.54 Å². The van der Waals surface area contributed by atoms with Crippen LogP contribution in [0.2, 0.25) is 0 Å². The van der Waals surface area contributed by atoms with Crippen molar-refractivity contribution in [3.8, 4) is 10.4 Å². The molecule has 0 bridgehead atoms. The summed E-state index contributed by atoms with van der Waals surface area (Å²) in [5.74, 6) is 0. The molecule has 4 rings (SSSR count). The fourth-order valence-corrected chi connectivity index (χ4v) is 3.34. The Kier molecular flexibility index (Phi) is 3.02. The minimum Gasteiger partial charge on any atom is -0.309 e. The van der Waals surface area contributed by atoms with E-state index in [-0.39, 0.29) is 0 Å². The molecule has 1 aliphatic rings. The third-order valence-corrected chi connectivity index (χ3v) is 4.83. The first kappa shape index (κ1) is 12.1. The van der Waals surface area contributed by atoms with Gasteiger partial charge in [-0.15, -0.1) is 11.3 Å². The van der Waals surface area contributed by atoms with Gasteiger partial charge in [0.2, 0.25) is 0 Å². The molecule has 0 radical (unpaired) electrons. The normalized spacial score (nSPS) is 14.8. The maximum atomic E-state index is 4.37. The SMILES string of the molecule is c1cnc2ccc(-c3ccc(CNC4CC4)s3)cc2c1. The van der Waals surface area contributed by atoms with Crippen molar-refractivity contribution < 1.29 is 0 Å². The number of pyridine rings is 1. The van der Waals surface area contributed by atoms with Gasteiger partial charge in [-0.25, -0.2) is 0 Å². The van der Waals surface area contributed by atoms with E-state index in [9.17, 15) is 0 Å². The highest BCUT2D eigenvalue weighted by Crippen LogP contribution is 2.30. The van der Waals surface area contributed by atoms with Crippen LogP contribution < -0.4 is 5.32 Å². The van der Waals surface area contributed by atoms with Gasteiger partial charge in [-0.1, -0.05) is 12.1 Å². The molecule has 100 valence electrons. The largest absolute Gasteiger partial charge is 0.309 e. The van der Waals surface area contributed by atoms with E-state index in [0.717, 1.165) is 18.1 Å². The van der Waals surface area contributed by atoms with Crippen molar-refractivity contribution in [1.82, 2.24) is 10.3 Å². The third-order valence-electron chi connectivity index (χ3n) is 3.69. The van der Waals surface area contributed by atoms with Crippen LogP contribution in [0.3, 0.4) is 0 Å². The summed E-state index contributed by atoms with van der Waals surface area (Å²) in [6, 6.07) is 15.8. The number of benzene rings is 1. The maximum Gasteiger partial charge on any atom is 0.0702 e. The van der Waals surface area contributed by atoms with Crippen molar-refractivity contribution in [3.63, 3.8) is 0 Å². The highest BCUT2D eigenvalue weighted by atomic mass is 32.1. The zero-order chi connectivity index (χ0) is 13.4. The van der Waals surface area contributed by atoms with E-state index in [2.05, 4.69) is 46.7 Å².